The minimum absolute atomic E-state index is 0.0308. The minimum atomic E-state index is -0.746. The average Bonchev–Trinajstić information content (AvgIpc) is 2.62. The smallest absolute Gasteiger partial charge is 0.306 e. The molecule has 132 valence electrons. The molecule has 2 N–H and O–H groups in total. The molecule has 0 saturated heterocycles. The van der Waals surface area contributed by atoms with Crippen LogP contribution in [0.3, 0.4) is 0 Å². The first-order valence-electron chi connectivity index (χ1n) is 8.37. The maximum atomic E-state index is 12.1. The van der Waals surface area contributed by atoms with Crippen molar-refractivity contribution >= 4 is 11.9 Å². The molecule has 1 aromatic carbocycles. The van der Waals surface area contributed by atoms with E-state index >= 15 is 0 Å². The van der Waals surface area contributed by atoms with Gasteiger partial charge in [0.2, 0.25) is 5.91 Å². The number of nitrogens with one attached hydrogen (secondary N) is 1. The van der Waals surface area contributed by atoms with Crippen LogP contribution in [0.15, 0.2) is 24.3 Å². The summed E-state index contributed by atoms with van der Waals surface area (Å²) in [6, 6.07) is 7.37. The molecule has 1 aliphatic rings. The Morgan fingerprint density at radius 3 is 2.25 bits per heavy atom. The van der Waals surface area contributed by atoms with Crippen molar-refractivity contribution < 1.29 is 24.2 Å². The van der Waals surface area contributed by atoms with E-state index in [0.717, 1.165) is 17.9 Å². The molecule has 0 spiro atoms. The molecule has 0 aliphatic heterocycles. The molecule has 0 radical (unpaired) electrons. The standard InChI is InChI=1S/C18H25NO5/c1-23-15-7-9-16(10-8-15)24-12-2-11-19-17(20)13-3-5-14(6-4-13)18(21)22/h7-10,13-14H,2-6,11-12H2,1H3,(H,19,20)(H,21,22). The van der Waals surface area contributed by atoms with Gasteiger partial charge in [0, 0.05) is 12.5 Å². The number of benzene rings is 1. The second-order valence-electron chi connectivity index (χ2n) is 6.06. The maximum absolute atomic E-state index is 12.1. The number of aliphatic carboxylic acids is 1. The summed E-state index contributed by atoms with van der Waals surface area (Å²) in [4.78, 5) is 23.0. The molecule has 0 heterocycles. The number of carbonyl (C=O) groups excluding carboxylic acids is 1. The molecule has 0 atom stereocenters. The normalized spacial score (nSPS) is 20.2. The van der Waals surface area contributed by atoms with Crippen molar-refractivity contribution in [2.24, 2.45) is 11.8 Å². The van der Waals surface area contributed by atoms with E-state index in [1.807, 2.05) is 24.3 Å². The summed E-state index contributed by atoms with van der Waals surface area (Å²) in [6.07, 6.45) is 3.22. The van der Waals surface area contributed by atoms with E-state index in [1.54, 1.807) is 7.11 Å². The third-order valence-electron chi connectivity index (χ3n) is 4.40. The fourth-order valence-corrected chi connectivity index (χ4v) is 2.89. The molecular weight excluding hydrogens is 310 g/mol. The lowest BCUT2D eigenvalue weighted by Gasteiger charge is -2.25. The van der Waals surface area contributed by atoms with Crippen molar-refractivity contribution in [2.45, 2.75) is 32.1 Å². The molecule has 1 amide bonds. The van der Waals surface area contributed by atoms with Gasteiger partial charge >= 0.3 is 5.97 Å². The topological polar surface area (TPSA) is 84.9 Å². The minimum Gasteiger partial charge on any atom is -0.497 e. The number of ether oxygens (including phenoxy) is 2. The summed E-state index contributed by atoms with van der Waals surface area (Å²) in [5.41, 5.74) is 0. The van der Waals surface area contributed by atoms with Gasteiger partial charge in [0.1, 0.15) is 11.5 Å². The molecule has 6 heteroatoms. The second-order valence-corrected chi connectivity index (χ2v) is 6.06. The lowest BCUT2D eigenvalue weighted by Crippen LogP contribution is -2.35. The molecule has 1 aliphatic carbocycles. The first-order valence-corrected chi connectivity index (χ1v) is 8.37. The predicted molar refractivity (Wildman–Crippen MR) is 89.2 cm³/mol. The third-order valence-corrected chi connectivity index (χ3v) is 4.40. The molecule has 0 unspecified atom stereocenters. The summed E-state index contributed by atoms with van der Waals surface area (Å²) >= 11 is 0. The number of carbonyl (C=O) groups is 2. The fraction of sp³-hybridized carbons (Fsp3) is 0.556. The number of amides is 1. The molecule has 1 saturated carbocycles. The van der Waals surface area contributed by atoms with Gasteiger partial charge in [-0.05, 0) is 56.4 Å². The van der Waals surface area contributed by atoms with Crippen molar-refractivity contribution in [2.75, 3.05) is 20.3 Å². The lowest BCUT2D eigenvalue weighted by atomic mass is 9.81. The lowest BCUT2D eigenvalue weighted by molar-refractivity contribution is -0.144. The van der Waals surface area contributed by atoms with Gasteiger partial charge in [0.25, 0.3) is 0 Å². The molecule has 2 rings (SSSR count). The Kier molecular flexibility index (Phi) is 6.90. The molecule has 1 fully saturated rings. The zero-order valence-electron chi connectivity index (χ0n) is 14.0. The summed E-state index contributed by atoms with van der Waals surface area (Å²) in [5, 5.41) is 11.9. The number of methoxy groups -OCH3 is 1. The van der Waals surface area contributed by atoms with Gasteiger partial charge < -0.3 is 19.9 Å². The molecule has 0 aromatic heterocycles. The van der Waals surface area contributed by atoms with Gasteiger partial charge in [-0.3, -0.25) is 9.59 Å². The van der Waals surface area contributed by atoms with Gasteiger partial charge in [-0.1, -0.05) is 0 Å². The summed E-state index contributed by atoms with van der Waals surface area (Å²) in [5.74, 6) is 0.504. The Labute approximate surface area is 142 Å². The van der Waals surface area contributed by atoms with Crippen LogP contribution >= 0.6 is 0 Å². The summed E-state index contributed by atoms with van der Waals surface area (Å²) < 4.78 is 10.7. The van der Waals surface area contributed by atoms with Crippen molar-refractivity contribution in [1.29, 1.82) is 0 Å². The fourth-order valence-electron chi connectivity index (χ4n) is 2.89. The number of rotatable bonds is 8. The summed E-state index contributed by atoms with van der Waals surface area (Å²) in [7, 11) is 1.62. The molecule has 24 heavy (non-hydrogen) atoms. The van der Waals surface area contributed by atoms with Crippen LogP contribution in [0.1, 0.15) is 32.1 Å². The van der Waals surface area contributed by atoms with E-state index in [1.165, 1.54) is 0 Å². The molecule has 0 bridgehead atoms. The Morgan fingerprint density at radius 1 is 1.08 bits per heavy atom. The number of hydrogen-bond acceptors (Lipinski definition) is 4. The van der Waals surface area contributed by atoms with E-state index in [0.29, 0.717) is 38.8 Å². The predicted octanol–water partition coefficient (Wildman–Crippen LogP) is 2.47. The van der Waals surface area contributed by atoms with Crippen LogP contribution in [0, 0.1) is 11.8 Å². The highest BCUT2D eigenvalue weighted by molar-refractivity contribution is 5.79. The van der Waals surface area contributed by atoms with E-state index in [4.69, 9.17) is 14.6 Å². The van der Waals surface area contributed by atoms with Crippen LogP contribution in [0.2, 0.25) is 0 Å². The van der Waals surface area contributed by atoms with E-state index in [9.17, 15) is 9.59 Å². The van der Waals surface area contributed by atoms with Crippen molar-refractivity contribution in [3.8, 4) is 11.5 Å². The van der Waals surface area contributed by atoms with E-state index in [-0.39, 0.29) is 17.7 Å². The van der Waals surface area contributed by atoms with Gasteiger partial charge in [-0.15, -0.1) is 0 Å². The maximum Gasteiger partial charge on any atom is 0.306 e. The van der Waals surface area contributed by atoms with Crippen molar-refractivity contribution in [3.05, 3.63) is 24.3 Å². The largest absolute Gasteiger partial charge is 0.497 e. The summed E-state index contributed by atoms with van der Waals surface area (Å²) in [6.45, 7) is 1.09. The Hall–Kier alpha value is -2.24. The highest BCUT2D eigenvalue weighted by Gasteiger charge is 2.29. The second kappa shape index (κ2) is 9.15. The average molecular weight is 335 g/mol. The first-order chi connectivity index (χ1) is 11.6. The number of carboxylic acids is 1. The highest BCUT2D eigenvalue weighted by atomic mass is 16.5. The first kappa shape index (κ1) is 18.1. The molecule has 1 aromatic rings. The van der Waals surface area contributed by atoms with Crippen molar-refractivity contribution in [3.63, 3.8) is 0 Å². The van der Waals surface area contributed by atoms with Gasteiger partial charge in [0.05, 0.1) is 19.6 Å². The zero-order valence-corrected chi connectivity index (χ0v) is 14.0. The van der Waals surface area contributed by atoms with Gasteiger partial charge in [-0.25, -0.2) is 0 Å². The monoisotopic (exact) mass is 335 g/mol. The van der Waals surface area contributed by atoms with Crippen LogP contribution in [0.25, 0.3) is 0 Å². The quantitative estimate of drug-likeness (QED) is 0.713. The Balaban J connectivity index is 1.58. The van der Waals surface area contributed by atoms with Crippen molar-refractivity contribution in [1.82, 2.24) is 5.32 Å². The molecular formula is C18H25NO5. The highest BCUT2D eigenvalue weighted by Crippen LogP contribution is 2.28. The van der Waals surface area contributed by atoms with Crippen LogP contribution in [0.5, 0.6) is 11.5 Å². The van der Waals surface area contributed by atoms with E-state index < -0.39 is 5.97 Å². The van der Waals surface area contributed by atoms with Gasteiger partial charge in [0.15, 0.2) is 0 Å². The van der Waals surface area contributed by atoms with Crippen LogP contribution in [-0.4, -0.2) is 37.2 Å². The Bertz CT molecular complexity index is 535. The number of carboxylic acid groups (broad SMARTS) is 1. The third kappa shape index (κ3) is 5.44. The van der Waals surface area contributed by atoms with E-state index in [2.05, 4.69) is 5.32 Å². The van der Waals surface area contributed by atoms with Crippen LogP contribution in [0.4, 0.5) is 0 Å². The Morgan fingerprint density at radius 2 is 1.67 bits per heavy atom. The molecule has 6 nitrogen and oxygen atoms in total. The van der Waals surface area contributed by atoms with Crippen LogP contribution < -0.4 is 14.8 Å². The SMILES string of the molecule is COc1ccc(OCCCNC(=O)C2CCC(C(=O)O)CC2)cc1. The number of hydrogen-bond donors (Lipinski definition) is 2. The van der Waals surface area contributed by atoms with Crippen LogP contribution in [-0.2, 0) is 9.59 Å². The zero-order chi connectivity index (χ0) is 17.4. The van der Waals surface area contributed by atoms with Gasteiger partial charge in [-0.2, -0.15) is 0 Å².